The van der Waals surface area contributed by atoms with Crippen LogP contribution in [0.3, 0.4) is 0 Å². The number of aryl methyl sites for hydroxylation is 1. The smallest absolute Gasteiger partial charge is 0.355 e. The lowest BCUT2D eigenvalue weighted by Crippen LogP contribution is -2.34. The second kappa shape index (κ2) is 6.70. The number of anilines is 1. The van der Waals surface area contributed by atoms with Gasteiger partial charge in [-0.2, -0.15) is 0 Å². The Morgan fingerprint density at radius 1 is 1.50 bits per heavy atom. The zero-order valence-electron chi connectivity index (χ0n) is 11.4. The van der Waals surface area contributed by atoms with Gasteiger partial charge in [-0.25, -0.2) is 9.78 Å². The van der Waals surface area contributed by atoms with Crippen molar-refractivity contribution in [2.45, 2.75) is 33.7 Å². The summed E-state index contributed by atoms with van der Waals surface area (Å²) in [6, 6.07) is 0.247. The Balaban J connectivity index is 2.62. The van der Waals surface area contributed by atoms with Crippen molar-refractivity contribution in [2.75, 3.05) is 25.0 Å². The fourth-order valence-electron chi connectivity index (χ4n) is 1.78. The maximum Gasteiger partial charge on any atom is 0.355 e. The molecule has 0 saturated carbocycles. The Bertz CT molecular complexity index is 402. The summed E-state index contributed by atoms with van der Waals surface area (Å²) in [5.74, 6) is -0.965. The molecule has 1 aromatic heterocycles. The van der Waals surface area contributed by atoms with Crippen LogP contribution in [0, 0.1) is 6.92 Å². The Labute approximate surface area is 112 Å². The van der Waals surface area contributed by atoms with E-state index in [2.05, 4.69) is 36.0 Å². The summed E-state index contributed by atoms with van der Waals surface area (Å²) in [6.45, 7) is 11.1. The van der Waals surface area contributed by atoms with Crippen LogP contribution in [0.1, 0.15) is 36.1 Å². The van der Waals surface area contributed by atoms with Gasteiger partial charge < -0.3 is 15.3 Å². The number of nitrogens with zero attached hydrogens (tertiary/aromatic N) is 2. The van der Waals surface area contributed by atoms with Gasteiger partial charge in [0.1, 0.15) is 0 Å². The molecule has 1 rings (SSSR count). The van der Waals surface area contributed by atoms with Crippen molar-refractivity contribution in [3.8, 4) is 0 Å². The number of carboxylic acids is 1. The van der Waals surface area contributed by atoms with E-state index in [1.807, 2.05) is 0 Å². The summed E-state index contributed by atoms with van der Waals surface area (Å²) in [7, 11) is 0. The van der Waals surface area contributed by atoms with Crippen molar-refractivity contribution in [2.24, 2.45) is 0 Å². The van der Waals surface area contributed by atoms with Crippen LogP contribution in [0.2, 0.25) is 0 Å². The van der Waals surface area contributed by atoms with Crippen molar-refractivity contribution in [3.05, 3.63) is 10.6 Å². The Morgan fingerprint density at radius 2 is 2.11 bits per heavy atom. The van der Waals surface area contributed by atoms with Crippen molar-refractivity contribution < 1.29 is 9.90 Å². The molecule has 0 radical (unpaired) electrons. The molecule has 6 heteroatoms. The molecule has 2 N–H and O–H groups in total. The third kappa shape index (κ3) is 3.96. The summed E-state index contributed by atoms with van der Waals surface area (Å²) in [6.07, 6.45) is 0. The number of carbonyl (C=O) groups is 1. The van der Waals surface area contributed by atoms with Gasteiger partial charge in [0.05, 0.1) is 0 Å². The number of rotatable bonds is 7. The SMILES string of the molecule is CCN(CC)CC(C)Nc1nc(C(=O)O)c(C)s1. The third-order valence-electron chi connectivity index (χ3n) is 2.80. The van der Waals surface area contributed by atoms with E-state index >= 15 is 0 Å². The predicted octanol–water partition coefficient (Wildman–Crippen LogP) is 2.29. The van der Waals surface area contributed by atoms with Crippen molar-refractivity contribution in [1.29, 1.82) is 0 Å². The molecule has 0 aliphatic heterocycles. The molecule has 0 bridgehead atoms. The van der Waals surface area contributed by atoms with Gasteiger partial charge in [-0.3, -0.25) is 0 Å². The van der Waals surface area contributed by atoms with E-state index in [-0.39, 0.29) is 11.7 Å². The first-order chi connectivity index (χ1) is 8.47. The largest absolute Gasteiger partial charge is 0.476 e. The van der Waals surface area contributed by atoms with Crippen molar-refractivity contribution >= 4 is 22.4 Å². The second-order valence-electron chi connectivity index (χ2n) is 4.26. The molecule has 0 aliphatic rings. The summed E-state index contributed by atoms with van der Waals surface area (Å²) in [5, 5.41) is 12.9. The third-order valence-corrected chi connectivity index (χ3v) is 3.70. The monoisotopic (exact) mass is 271 g/mol. The molecule has 0 saturated heterocycles. The molecule has 0 spiro atoms. The highest BCUT2D eigenvalue weighted by Crippen LogP contribution is 2.22. The fraction of sp³-hybridized carbons (Fsp3) is 0.667. The minimum atomic E-state index is -0.965. The molecule has 0 fully saturated rings. The first kappa shape index (κ1) is 14.9. The average molecular weight is 271 g/mol. The van der Waals surface area contributed by atoms with E-state index in [0.29, 0.717) is 5.13 Å². The first-order valence-corrected chi connectivity index (χ1v) is 6.99. The highest BCUT2D eigenvalue weighted by Gasteiger charge is 2.15. The maximum atomic E-state index is 10.9. The molecule has 0 aromatic carbocycles. The van der Waals surface area contributed by atoms with Crippen molar-refractivity contribution in [3.63, 3.8) is 0 Å². The number of carboxylic acid groups (broad SMARTS) is 1. The molecular weight excluding hydrogens is 250 g/mol. The summed E-state index contributed by atoms with van der Waals surface area (Å²) >= 11 is 1.39. The van der Waals surface area contributed by atoms with Gasteiger partial charge in [-0.15, -0.1) is 11.3 Å². The van der Waals surface area contributed by atoms with Crippen LogP contribution in [-0.4, -0.2) is 46.6 Å². The minimum Gasteiger partial charge on any atom is -0.476 e. The van der Waals surface area contributed by atoms with E-state index in [1.54, 1.807) is 6.92 Å². The van der Waals surface area contributed by atoms with Gasteiger partial charge in [-0.1, -0.05) is 13.8 Å². The standard InChI is InChI=1S/C12H21N3O2S/c1-5-15(6-2)7-8(3)13-12-14-10(11(16)17)9(4)18-12/h8H,5-7H2,1-4H3,(H,13,14)(H,16,17). The molecule has 5 nitrogen and oxygen atoms in total. The lowest BCUT2D eigenvalue weighted by atomic mass is 10.3. The van der Waals surface area contributed by atoms with E-state index in [0.717, 1.165) is 24.5 Å². The number of thiazole rings is 1. The van der Waals surface area contributed by atoms with Gasteiger partial charge in [0.25, 0.3) is 0 Å². The molecule has 18 heavy (non-hydrogen) atoms. The molecule has 1 heterocycles. The zero-order chi connectivity index (χ0) is 13.7. The van der Waals surface area contributed by atoms with Crippen LogP contribution in [0.25, 0.3) is 0 Å². The lowest BCUT2D eigenvalue weighted by molar-refractivity contribution is 0.0690. The van der Waals surface area contributed by atoms with Gasteiger partial charge in [0, 0.05) is 17.5 Å². The van der Waals surface area contributed by atoms with Crippen LogP contribution in [0.5, 0.6) is 0 Å². The molecule has 0 amide bonds. The molecule has 1 unspecified atom stereocenters. The van der Waals surface area contributed by atoms with Gasteiger partial charge >= 0.3 is 5.97 Å². The van der Waals surface area contributed by atoms with E-state index in [9.17, 15) is 4.79 Å². The molecule has 102 valence electrons. The average Bonchev–Trinajstić information content (AvgIpc) is 2.67. The van der Waals surface area contributed by atoms with E-state index in [4.69, 9.17) is 5.11 Å². The summed E-state index contributed by atoms with van der Waals surface area (Å²) in [4.78, 5) is 18.0. The predicted molar refractivity (Wildman–Crippen MR) is 74.7 cm³/mol. The Kier molecular flexibility index (Phi) is 5.55. The lowest BCUT2D eigenvalue weighted by Gasteiger charge is -2.23. The molecule has 1 aromatic rings. The van der Waals surface area contributed by atoms with Gasteiger partial charge in [-0.05, 0) is 26.9 Å². The van der Waals surface area contributed by atoms with E-state index in [1.165, 1.54) is 11.3 Å². The highest BCUT2D eigenvalue weighted by atomic mass is 32.1. The van der Waals surface area contributed by atoms with Crippen LogP contribution in [0.4, 0.5) is 5.13 Å². The number of hydrogen-bond donors (Lipinski definition) is 2. The van der Waals surface area contributed by atoms with Crippen LogP contribution >= 0.6 is 11.3 Å². The molecule has 1 atom stereocenters. The van der Waals surface area contributed by atoms with Crippen LogP contribution < -0.4 is 5.32 Å². The van der Waals surface area contributed by atoms with Crippen LogP contribution in [-0.2, 0) is 0 Å². The topological polar surface area (TPSA) is 65.5 Å². The Hall–Kier alpha value is -1.14. The van der Waals surface area contributed by atoms with E-state index < -0.39 is 5.97 Å². The summed E-state index contributed by atoms with van der Waals surface area (Å²) in [5.41, 5.74) is 0.150. The molecule has 0 aliphatic carbocycles. The normalized spacial score (nSPS) is 12.7. The number of likely N-dealkylation sites (N-methyl/N-ethyl adjacent to an activating group) is 1. The van der Waals surface area contributed by atoms with Crippen molar-refractivity contribution in [1.82, 2.24) is 9.88 Å². The number of hydrogen-bond acceptors (Lipinski definition) is 5. The zero-order valence-corrected chi connectivity index (χ0v) is 12.2. The fourth-order valence-corrected chi connectivity index (χ4v) is 2.70. The number of aromatic nitrogens is 1. The van der Waals surface area contributed by atoms with Gasteiger partial charge in [0.2, 0.25) is 0 Å². The number of nitrogens with one attached hydrogen (secondary N) is 1. The maximum absolute atomic E-state index is 10.9. The number of aromatic carboxylic acids is 1. The second-order valence-corrected chi connectivity index (χ2v) is 5.46. The molecular formula is C12H21N3O2S. The summed E-state index contributed by atoms with van der Waals surface area (Å²) < 4.78 is 0. The first-order valence-electron chi connectivity index (χ1n) is 6.17. The quantitative estimate of drug-likeness (QED) is 0.796. The van der Waals surface area contributed by atoms with Crippen LogP contribution in [0.15, 0.2) is 0 Å². The minimum absolute atomic E-state index is 0.150. The van der Waals surface area contributed by atoms with Gasteiger partial charge in [0.15, 0.2) is 10.8 Å². The highest BCUT2D eigenvalue weighted by molar-refractivity contribution is 7.15. The Morgan fingerprint density at radius 3 is 2.56 bits per heavy atom.